The highest BCUT2D eigenvalue weighted by Crippen LogP contribution is 2.21. The summed E-state index contributed by atoms with van der Waals surface area (Å²) in [6.45, 7) is 3.55. The SMILES string of the molecule is CCOC(=O)[C@H](O)COc1ccc2c(c1)CNC2. The van der Waals surface area contributed by atoms with Gasteiger partial charge in [-0.05, 0) is 30.2 Å². The van der Waals surface area contributed by atoms with Gasteiger partial charge in [-0.1, -0.05) is 6.07 Å². The molecule has 0 fully saturated rings. The van der Waals surface area contributed by atoms with Crippen LogP contribution in [0.3, 0.4) is 0 Å². The van der Waals surface area contributed by atoms with Crippen molar-refractivity contribution >= 4 is 5.97 Å². The normalized spacial score (nSPS) is 15.0. The number of rotatable bonds is 5. The number of aliphatic hydroxyl groups is 1. The molecule has 1 aliphatic heterocycles. The van der Waals surface area contributed by atoms with Crippen molar-refractivity contribution in [2.45, 2.75) is 26.1 Å². The number of carbonyl (C=O) groups excluding carboxylic acids is 1. The first-order valence-corrected chi connectivity index (χ1v) is 6.00. The van der Waals surface area contributed by atoms with Gasteiger partial charge in [0.05, 0.1) is 6.61 Å². The van der Waals surface area contributed by atoms with Crippen LogP contribution in [0.4, 0.5) is 0 Å². The standard InChI is InChI=1S/C13H17NO4/c1-2-17-13(16)12(15)8-18-11-4-3-9-6-14-7-10(9)5-11/h3-5,12,14-15H,2,6-8H2,1H3/t12-/m1/s1. The molecule has 1 heterocycles. The topological polar surface area (TPSA) is 67.8 Å². The van der Waals surface area contributed by atoms with Crippen LogP contribution in [0.1, 0.15) is 18.1 Å². The number of nitrogens with one attached hydrogen (secondary N) is 1. The van der Waals surface area contributed by atoms with Gasteiger partial charge >= 0.3 is 5.97 Å². The van der Waals surface area contributed by atoms with Crippen LogP contribution in [0.25, 0.3) is 0 Å². The van der Waals surface area contributed by atoms with Crippen LogP contribution in [-0.4, -0.2) is 30.4 Å². The van der Waals surface area contributed by atoms with E-state index in [9.17, 15) is 9.90 Å². The zero-order valence-corrected chi connectivity index (χ0v) is 10.3. The van der Waals surface area contributed by atoms with Gasteiger partial charge in [-0.3, -0.25) is 0 Å². The predicted octanol–water partition coefficient (Wildman–Crippen LogP) is 0.593. The lowest BCUT2D eigenvalue weighted by molar-refractivity contribution is -0.154. The third-order valence-electron chi connectivity index (χ3n) is 2.78. The maximum Gasteiger partial charge on any atom is 0.338 e. The second-order valence-electron chi connectivity index (χ2n) is 4.11. The van der Waals surface area contributed by atoms with Gasteiger partial charge in [0.1, 0.15) is 12.4 Å². The minimum atomic E-state index is -1.24. The first kappa shape index (κ1) is 12.9. The summed E-state index contributed by atoms with van der Waals surface area (Å²) in [5.74, 6) is 0.00104. The van der Waals surface area contributed by atoms with Crippen LogP contribution < -0.4 is 10.1 Å². The average molecular weight is 251 g/mol. The van der Waals surface area contributed by atoms with E-state index in [4.69, 9.17) is 4.74 Å². The maximum absolute atomic E-state index is 11.2. The third kappa shape index (κ3) is 3.00. The number of hydrogen-bond donors (Lipinski definition) is 2. The lowest BCUT2D eigenvalue weighted by atomic mass is 10.1. The molecule has 0 unspecified atom stereocenters. The molecule has 0 aliphatic carbocycles. The molecule has 1 aliphatic rings. The monoisotopic (exact) mass is 251 g/mol. The van der Waals surface area contributed by atoms with E-state index in [1.54, 1.807) is 6.92 Å². The summed E-state index contributed by atoms with van der Waals surface area (Å²) in [4.78, 5) is 11.2. The average Bonchev–Trinajstić information content (AvgIpc) is 2.83. The van der Waals surface area contributed by atoms with Crippen molar-refractivity contribution in [3.05, 3.63) is 29.3 Å². The smallest absolute Gasteiger partial charge is 0.338 e. The van der Waals surface area contributed by atoms with E-state index >= 15 is 0 Å². The Morgan fingerprint density at radius 2 is 2.22 bits per heavy atom. The van der Waals surface area contributed by atoms with Gasteiger partial charge in [0.2, 0.25) is 0 Å². The van der Waals surface area contributed by atoms with Crippen molar-refractivity contribution < 1.29 is 19.4 Å². The quantitative estimate of drug-likeness (QED) is 0.750. The van der Waals surface area contributed by atoms with Crippen molar-refractivity contribution in [2.75, 3.05) is 13.2 Å². The largest absolute Gasteiger partial charge is 0.490 e. The van der Waals surface area contributed by atoms with E-state index < -0.39 is 12.1 Å². The number of fused-ring (bicyclic) bond motifs is 1. The van der Waals surface area contributed by atoms with E-state index in [2.05, 4.69) is 10.1 Å². The number of benzene rings is 1. The molecule has 18 heavy (non-hydrogen) atoms. The molecule has 0 saturated carbocycles. The summed E-state index contributed by atoms with van der Waals surface area (Å²) in [7, 11) is 0. The fourth-order valence-electron chi connectivity index (χ4n) is 1.84. The van der Waals surface area contributed by atoms with Crippen LogP contribution in [0.5, 0.6) is 5.75 Å². The molecule has 1 aromatic rings. The second kappa shape index (κ2) is 5.84. The summed E-state index contributed by atoms with van der Waals surface area (Å²) in [6.07, 6.45) is -1.24. The molecule has 0 aromatic heterocycles. The fraction of sp³-hybridized carbons (Fsp3) is 0.462. The van der Waals surface area contributed by atoms with Gasteiger partial charge in [-0.2, -0.15) is 0 Å². The Kier molecular flexibility index (Phi) is 4.17. The highest BCUT2D eigenvalue weighted by atomic mass is 16.6. The highest BCUT2D eigenvalue weighted by molar-refractivity contribution is 5.74. The minimum absolute atomic E-state index is 0.0922. The molecule has 0 radical (unpaired) electrons. The molecule has 0 bridgehead atoms. The molecule has 2 N–H and O–H groups in total. The second-order valence-corrected chi connectivity index (χ2v) is 4.11. The Morgan fingerprint density at radius 1 is 1.44 bits per heavy atom. The number of carbonyl (C=O) groups is 1. The molecule has 1 atom stereocenters. The lowest BCUT2D eigenvalue weighted by Crippen LogP contribution is -2.29. The Balaban J connectivity index is 1.88. The Bertz CT molecular complexity index is 433. The lowest BCUT2D eigenvalue weighted by Gasteiger charge is -2.12. The van der Waals surface area contributed by atoms with Crippen molar-refractivity contribution in [1.29, 1.82) is 0 Å². The Hall–Kier alpha value is -1.59. The molecule has 2 rings (SSSR count). The first-order chi connectivity index (χ1) is 8.70. The van der Waals surface area contributed by atoms with Crippen molar-refractivity contribution in [3.8, 4) is 5.75 Å². The van der Waals surface area contributed by atoms with Gasteiger partial charge in [0.25, 0.3) is 0 Å². The number of ether oxygens (including phenoxy) is 2. The van der Waals surface area contributed by atoms with Crippen molar-refractivity contribution in [2.24, 2.45) is 0 Å². The van der Waals surface area contributed by atoms with Gasteiger partial charge in [-0.15, -0.1) is 0 Å². The minimum Gasteiger partial charge on any atom is -0.490 e. The van der Waals surface area contributed by atoms with E-state index in [1.165, 1.54) is 11.1 Å². The molecule has 1 aromatic carbocycles. The molecule has 98 valence electrons. The summed E-state index contributed by atoms with van der Waals surface area (Å²) in [6, 6.07) is 5.75. The molecule has 0 saturated heterocycles. The number of hydrogen-bond acceptors (Lipinski definition) is 5. The van der Waals surface area contributed by atoms with Crippen LogP contribution in [-0.2, 0) is 22.6 Å². The predicted molar refractivity (Wildman–Crippen MR) is 65.1 cm³/mol. The highest BCUT2D eigenvalue weighted by Gasteiger charge is 2.17. The van der Waals surface area contributed by atoms with Gasteiger partial charge in [-0.25, -0.2) is 4.79 Å². The van der Waals surface area contributed by atoms with Gasteiger partial charge in [0.15, 0.2) is 6.10 Å². The Labute approximate surface area is 106 Å². The number of esters is 1. The van der Waals surface area contributed by atoms with E-state index in [0.717, 1.165) is 13.1 Å². The Morgan fingerprint density at radius 3 is 3.00 bits per heavy atom. The molecule has 5 heteroatoms. The molecule has 0 spiro atoms. The van der Waals surface area contributed by atoms with E-state index in [0.29, 0.717) is 5.75 Å². The summed E-state index contributed by atoms with van der Waals surface area (Å²) < 4.78 is 10.1. The fourth-order valence-corrected chi connectivity index (χ4v) is 1.84. The van der Waals surface area contributed by atoms with Gasteiger partial charge < -0.3 is 19.9 Å². The molecular formula is C13H17NO4. The molecule has 0 amide bonds. The van der Waals surface area contributed by atoms with E-state index in [-0.39, 0.29) is 13.2 Å². The zero-order valence-electron chi connectivity index (χ0n) is 10.3. The first-order valence-electron chi connectivity index (χ1n) is 6.00. The summed E-state index contributed by atoms with van der Waals surface area (Å²) >= 11 is 0. The van der Waals surface area contributed by atoms with Gasteiger partial charge in [0, 0.05) is 13.1 Å². The molecule has 5 nitrogen and oxygen atoms in total. The number of aliphatic hydroxyl groups excluding tert-OH is 1. The third-order valence-corrected chi connectivity index (χ3v) is 2.78. The van der Waals surface area contributed by atoms with E-state index in [1.807, 2.05) is 18.2 Å². The zero-order chi connectivity index (χ0) is 13.0. The van der Waals surface area contributed by atoms with Crippen LogP contribution >= 0.6 is 0 Å². The maximum atomic E-state index is 11.2. The van der Waals surface area contributed by atoms with Crippen LogP contribution in [0, 0.1) is 0 Å². The summed E-state index contributed by atoms with van der Waals surface area (Å²) in [5.41, 5.74) is 2.45. The molecular weight excluding hydrogens is 234 g/mol. The van der Waals surface area contributed by atoms with Crippen LogP contribution in [0.2, 0.25) is 0 Å². The van der Waals surface area contributed by atoms with Crippen molar-refractivity contribution in [3.63, 3.8) is 0 Å². The van der Waals surface area contributed by atoms with Crippen molar-refractivity contribution in [1.82, 2.24) is 5.32 Å². The summed E-state index contributed by atoms with van der Waals surface area (Å²) in [5, 5.41) is 12.7. The van der Waals surface area contributed by atoms with Crippen LogP contribution in [0.15, 0.2) is 18.2 Å².